The number of aromatic nitrogens is 1. The lowest BCUT2D eigenvalue weighted by molar-refractivity contribution is 0.0151. The zero-order valence-electron chi connectivity index (χ0n) is 13.8. The van der Waals surface area contributed by atoms with Gasteiger partial charge in [0, 0.05) is 37.4 Å². The van der Waals surface area contributed by atoms with Gasteiger partial charge in [-0.15, -0.1) is 0 Å². The Balaban J connectivity index is 2.04. The van der Waals surface area contributed by atoms with E-state index in [-0.39, 0.29) is 12.0 Å². The molecule has 0 aliphatic carbocycles. The molecule has 2 unspecified atom stereocenters. The van der Waals surface area contributed by atoms with Gasteiger partial charge in [0.2, 0.25) is 0 Å². The van der Waals surface area contributed by atoms with Crippen molar-refractivity contribution in [1.29, 1.82) is 0 Å². The van der Waals surface area contributed by atoms with E-state index < -0.39 is 5.60 Å². The summed E-state index contributed by atoms with van der Waals surface area (Å²) in [5, 5.41) is 0. The highest BCUT2D eigenvalue weighted by atomic mass is 16.6. The minimum absolute atomic E-state index is 0.187. The highest BCUT2D eigenvalue weighted by Crippen LogP contribution is 2.30. The molecule has 22 heavy (non-hydrogen) atoms. The van der Waals surface area contributed by atoms with Crippen LogP contribution < -0.4 is 5.73 Å². The summed E-state index contributed by atoms with van der Waals surface area (Å²) in [6, 6.07) is 5.91. The highest BCUT2D eigenvalue weighted by molar-refractivity contribution is 5.68. The summed E-state index contributed by atoms with van der Waals surface area (Å²) < 4.78 is 5.48. The van der Waals surface area contributed by atoms with Crippen molar-refractivity contribution in [2.75, 3.05) is 19.6 Å². The molecule has 2 N–H and O–H groups in total. The molecule has 122 valence electrons. The number of piperidine rings is 1. The summed E-state index contributed by atoms with van der Waals surface area (Å²) in [7, 11) is 0. The third kappa shape index (κ3) is 4.44. The summed E-state index contributed by atoms with van der Waals surface area (Å²) in [5.74, 6) is 0.521. The molecule has 2 atom stereocenters. The van der Waals surface area contributed by atoms with Crippen LogP contribution in [0.3, 0.4) is 0 Å². The van der Waals surface area contributed by atoms with Crippen molar-refractivity contribution in [2.45, 2.75) is 45.1 Å². The average molecular weight is 305 g/mol. The first kappa shape index (κ1) is 16.7. The first-order valence-electron chi connectivity index (χ1n) is 7.99. The molecule has 2 rings (SSSR count). The molecule has 1 saturated heterocycles. The number of nitrogens with two attached hydrogens (primary N) is 1. The van der Waals surface area contributed by atoms with Crippen LogP contribution in [0.25, 0.3) is 0 Å². The highest BCUT2D eigenvalue weighted by Gasteiger charge is 2.32. The third-order valence-corrected chi connectivity index (χ3v) is 4.00. The van der Waals surface area contributed by atoms with Crippen LogP contribution in [0.2, 0.25) is 0 Å². The fourth-order valence-electron chi connectivity index (χ4n) is 2.98. The van der Waals surface area contributed by atoms with E-state index in [0.29, 0.717) is 19.0 Å². The molecular formula is C17H27N3O2. The van der Waals surface area contributed by atoms with Gasteiger partial charge in [-0.05, 0) is 51.7 Å². The fourth-order valence-corrected chi connectivity index (χ4v) is 2.98. The van der Waals surface area contributed by atoms with Crippen LogP contribution >= 0.6 is 0 Å². The smallest absolute Gasteiger partial charge is 0.410 e. The molecule has 0 saturated carbocycles. The lowest BCUT2D eigenvalue weighted by atomic mass is 9.83. The Morgan fingerprint density at radius 2 is 2.27 bits per heavy atom. The number of ether oxygens (including phenoxy) is 1. The average Bonchev–Trinajstić information content (AvgIpc) is 2.48. The molecule has 0 aromatic carbocycles. The lowest BCUT2D eigenvalue weighted by Gasteiger charge is -2.37. The minimum atomic E-state index is -0.460. The normalized spacial score (nSPS) is 20.5. The largest absolute Gasteiger partial charge is 0.444 e. The van der Waals surface area contributed by atoms with Crippen LogP contribution in [-0.2, 0) is 4.74 Å². The molecule has 5 nitrogen and oxygen atoms in total. The molecule has 1 aromatic heterocycles. The Morgan fingerprint density at radius 1 is 1.50 bits per heavy atom. The van der Waals surface area contributed by atoms with Crippen molar-refractivity contribution in [3.8, 4) is 0 Å². The van der Waals surface area contributed by atoms with Crippen LogP contribution in [0.4, 0.5) is 4.79 Å². The van der Waals surface area contributed by atoms with Gasteiger partial charge in [-0.25, -0.2) is 4.79 Å². The molecule has 0 radical (unpaired) electrons. The molecule has 5 heteroatoms. The lowest BCUT2D eigenvalue weighted by Crippen LogP contribution is -2.45. The molecule has 0 bridgehead atoms. The molecule has 1 aliphatic rings. The van der Waals surface area contributed by atoms with Gasteiger partial charge < -0.3 is 15.4 Å². The summed E-state index contributed by atoms with van der Waals surface area (Å²) >= 11 is 0. The van der Waals surface area contributed by atoms with E-state index in [1.54, 1.807) is 6.20 Å². The third-order valence-electron chi connectivity index (χ3n) is 4.00. The van der Waals surface area contributed by atoms with Crippen molar-refractivity contribution >= 4 is 6.09 Å². The summed E-state index contributed by atoms with van der Waals surface area (Å²) in [6.45, 7) is 7.66. The monoisotopic (exact) mass is 305 g/mol. The van der Waals surface area contributed by atoms with Gasteiger partial charge >= 0.3 is 6.09 Å². The van der Waals surface area contributed by atoms with Gasteiger partial charge in [-0.1, -0.05) is 6.07 Å². The zero-order chi connectivity index (χ0) is 16.2. The van der Waals surface area contributed by atoms with Crippen LogP contribution in [0.1, 0.15) is 45.2 Å². The van der Waals surface area contributed by atoms with Crippen LogP contribution in [0.15, 0.2) is 24.4 Å². The van der Waals surface area contributed by atoms with Crippen molar-refractivity contribution in [3.05, 3.63) is 30.1 Å². The zero-order valence-corrected chi connectivity index (χ0v) is 13.8. The van der Waals surface area contributed by atoms with Gasteiger partial charge in [0.25, 0.3) is 0 Å². The second kappa shape index (κ2) is 7.09. The number of rotatable bonds is 3. The van der Waals surface area contributed by atoms with Gasteiger partial charge in [0.05, 0.1) is 0 Å². The number of likely N-dealkylation sites (tertiary alicyclic amines) is 1. The number of pyridine rings is 1. The van der Waals surface area contributed by atoms with Crippen molar-refractivity contribution in [1.82, 2.24) is 9.88 Å². The Morgan fingerprint density at radius 3 is 2.86 bits per heavy atom. The maximum absolute atomic E-state index is 12.3. The van der Waals surface area contributed by atoms with Gasteiger partial charge in [0.15, 0.2) is 0 Å². The Kier molecular flexibility index (Phi) is 5.40. The standard InChI is InChI=1S/C17H27N3O2/c1-17(2,3)22-16(21)20-10-6-7-13(12-20)14(11-18)15-8-4-5-9-19-15/h4-5,8-9,13-14H,6-7,10-12,18H2,1-3H3. The number of amides is 1. The number of nitrogens with zero attached hydrogens (tertiary/aromatic N) is 2. The first-order valence-corrected chi connectivity index (χ1v) is 7.99. The maximum atomic E-state index is 12.3. The summed E-state index contributed by atoms with van der Waals surface area (Å²) in [4.78, 5) is 18.5. The van der Waals surface area contributed by atoms with Gasteiger partial charge in [-0.2, -0.15) is 0 Å². The number of carbonyl (C=O) groups excluding carboxylic acids is 1. The fraction of sp³-hybridized carbons (Fsp3) is 0.647. The second-order valence-electron chi connectivity index (χ2n) is 6.93. The Hall–Kier alpha value is -1.62. The molecule has 0 spiro atoms. The molecule has 1 fully saturated rings. The van der Waals surface area contributed by atoms with E-state index in [1.165, 1.54) is 0 Å². The van der Waals surface area contributed by atoms with Crippen molar-refractivity contribution < 1.29 is 9.53 Å². The van der Waals surface area contributed by atoms with E-state index in [1.807, 2.05) is 43.9 Å². The molecular weight excluding hydrogens is 278 g/mol. The van der Waals surface area contributed by atoms with Gasteiger partial charge in [-0.3, -0.25) is 4.98 Å². The molecule has 1 aromatic rings. The molecule has 1 aliphatic heterocycles. The van der Waals surface area contributed by atoms with E-state index >= 15 is 0 Å². The Labute approximate surface area is 132 Å². The SMILES string of the molecule is CC(C)(C)OC(=O)N1CCCC(C(CN)c2ccccn2)C1. The minimum Gasteiger partial charge on any atom is -0.444 e. The molecule has 1 amide bonds. The first-order chi connectivity index (χ1) is 10.4. The van der Waals surface area contributed by atoms with Crippen LogP contribution in [0.5, 0.6) is 0 Å². The molecule has 2 heterocycles. The second-order valence-corrected chi connectivity index (χ2v) is 6.93. The van der Waals surface area contributed by atoms with E-state index in [9.17, 15) is 4.79 Å². The topological polar surface area (TPSA) is 68.5 Å². The van der Waals surface area contributed by atoms with Gasteiger partial charge in [0.1, 0.15) is 5.60 Å². The van der Waals surface area contributed by atoms with Crippen LogP contribution in [0, 0.1) is 5.92 Å². The predicted molar refractivity (Wildman–Crippen MR) is 86.6 cm³/mol. The quantitative estimate of drug-likeness (QED) is 0.932. The van der Waals surface area contributed by atoms with E-state index in [4.69, 9.17) is 10.5 Å². The number of hydrogen-bond acceptors (Lipinski definition) is 4. The Bertz CT molecular complexity index is 484. The van der Waals surface area contributed by atoms with Crippen molar-refractivity contribution in [3.63, 3.8) is 0 Å². The van der Waals surface area contributed by atoms with Crippen molar-refractivity contribution in [2.24, 2.45) is 11.7 Å². The summed E-state index contributed by atoms with van der Waals surface area (Å²) in [5.41, 5.74) is 6.54. The number of hydrogen-bond donors (Lipinski definition) is 1. The predicted octanol–water partition coefficient (Wildman–Crippen LogP) is 2.77. The van der Waals surface area contributed by atoms with E-state index in [2.05, 4.69) is 4.98 Å². The maximum Gasteiger partial charge on any atom is 0.410 e. The van der Waals surface area contributed by atoms with E-state index in [0.717, 1.165) is 25.1 Å². The van der Waals surface area contributed by atoms with Crippen LogP contribution in [-0.4, -0.2) is 41.2 Å². The number of carbonyl (C=O) groups is 1. The summed E-state index contributed by atoms with van der Waals surface area (Å²) in [6.07, 6.45) is 3.62.